The molecule has 0 unspecified atom stereocenters. The molecule has 1 aromatic heterocycles. The van der Waals surface area contributed by atoms with Crippen LogP contribution in [0.2, 0.25) is 0 Å². The van der Waals surface area contributed by atoms with Gasteiger partial charge >= 0.3 is 0 Å². The Morgan fingerprint density at radius 3 is 2.65 bits per heavy atom. The van der Waals surface area contributed by atoms with Gasteiger partial charge in [-0.1, -0.05) is 25.1 Å². The van der Waals surface area contributed by atoms with Crippen LogP contribution in [0, 0.1) is 6.92 Å². The highest BCUT2D eigenvalue weighted by atomic mass is 16.2. The van der Waals surface area contributed by atoms with Crippen molar-refractivity contribution in [1.29, 1.82) is 0 Å². The van der Waals surface area contributed by atoms with Gasteiger partial charge in [0.05, 0.1) is 0 Å². The van der Waals surface area contributed by atoms with E-state index in [1.807, 2.05) is 38.1 Å². The third kappa shape index (κ3) is 3.35. The fraction of sp³-hybridized carbons (Fsp3) is 0.250. The molecule has 0 saturated carbocycles. The number of amides is 1. The molecule has 0 radical (unpaired) electrons. The highest BCUT2D eigenvalue weighted by molar-refractivity contribution is 5.96. The van der Waals surface area contributed by atoms with Crippen molar-refractivity contribution in [2.75, 3.05) is 5.32 Å². The van der Waals surface area contributed by atoms with Crippen LogP contribution < -0.4 is 5.32 Å². The average molecular weight is 270 g/mol. The number of benzene rings is 1. The van der Waals surface area contributed by atoms with E-state index in [9.17, 15) is 9.59 Å². The van der Waals surface area contributed by atoms with Gasteiger partial charge in [-0.2, -0.15) is 0 Å². The summed E-state index contributed by atoms with van der Waals surface area (Å²) in [5.41, 5.74) is 2.49. The van der Waals surface area contributed by atoms with E-state index < -0.39 is 0 Å². The predicted octanol–water partition coefficient (Wildman–Crippen LogP) is 3.03. The first-order valence-electron chi connectivity index (χ1n) is 6.64. The normalized spacial score (nSPS) is 10.3. The molecule has 1 N–H and O–H groups in total. The lowest BCUT2D eigenvalue weighted by Gasteiger charge is -2.08. The number of rotatable bonds is 5. The molecule has 2 aromatic rings. The molecule has 1 aromatic carbocycles. The third-order valence-corrected chi connectivity index (χ3v) is 3.14. The predicted molar refractivity (Wildman–Crippen MR) is 78.9 cm³/mol. The quantitative estimate of drug-likeness (QED) is 0.849. The molecule has 2 rings (SSSR count). The molecule has 1 amide bonds. The standard InChI is InChI=1S/C16H18N2O2/c1-3-15(19)13-8-9-18(10-13)11-16(20)17-14-7-5-4-6-12(14)2/h4-10H,3,11H2,1-2H3,(H,17,20). The first-order chi connectivity index (χ1) is 9.60. The maximum absolute atomic E-state index is 12.0. The van der Waals surface area contributed by atoms with Gasteiger partial charge in [-0.3, -0.25) is 9.59 Å². The third-order valence-electron chi connectivity index (χ3n) is 3.14. The monoisotopic (exact) mass is 270 g/mol. The minimum atomic E-state index is -0.106. The Kier molecular flexibility index (Phi) is 4.35. The van der Waals surface area contributed by atoms with Gasteiger partial charge < -0.3 is 9.88 Å². The lowest BCUT2D eigenvalue weighted by molar-refractivity contribution is -0.116. The Morgan fingerprint density at radius 2 is 1.95 bits per heavy atom. The van der Waals surface area contributed by atoms with E-state index >= 15 is 0 Å². The largest absolute Gasteiger partial charge is 0.344 e. The fourth-order valence-corrected chi connectivity index (χ4v) is 1.98. The van der Waals surface area contributed by atoms with Crippen LogP contribution in [0.3, 0.4) is 0 Å². The number of nitrogens with one attached hydrogen (secondary N) is 1. The summed E-state index contributed by atoms with van der Waals surface area (Å²) in [6, 6.07) is 9.38. The Labute approximate surface area is 118 Å². The summed E-state index contributed by atoms with van der Waals surface area (Å²) < 4.78 is 1.72. The smallest absolute Gasteiger partial charge is 0.244 e. The number of aromatic nitrogens is 1. The van der Waals surface area contributed by atoms with Crippen molar-refractivity contribution in [2.24, 2.45) is 0 Å². The minimum absolute atomic E-state index is 0.0862. The molecule has 0 fully saturated rings. The molecule has 1 heterocycles. The van der Waals surface area contributed by atoms with Gasteiger partial charge in [-0.25, -0.2) is 0 Å². The number of anilines is 1. The lowest BCUT2D eigenvalue weighted by atomic mass is 10.2. The maximum atomic E-state index is 12.0. The number of hydrogen-bond acceptors (Lipinski definition) is 2. The lowest BCUT2D eigenvalue weighted by Crippen LogP contribution is -2.18. The van der Waals surface area contributed by atoms with Crippen molar-refractivity contribution >= 4 is 17.4 Å². The van der Waals surface area contributed by atoms with Gasteiger partial charge in [0.25, 0.3) is 0 Å². The van der Waals surface area contributed by atoms with Crippen molar-refractivity contribution in [1.82, 2.24) is 4.57 Å². The summed E-state index contributed by atoms with van der Waals surface area (Å²) in [4.78, 5) is 23.5. The molecule has 0 aliphatic heterocycles. The van der Waals surface area contributed by atoms with Gasteiger partial charge in [0.15, 0.2) is 5.78 Å². The Bertz CT molecular complexity index is 629. The molecule has 0 aliphatic carbocycles. The van der Waals surface area contributed by atoms with E-state index in [4.69, 9.17) is 0 Å². The Hall–Kier alpha value is -2.36. The van der Waals surface area contributed by atoms with Gasteiger partial charge in [-0.05, 0) is 24.6 Å². The second kappa shape index (κ2) is 6.19. The Balaban J connectivity index is 2.00. The SMILES string of the molecule is CCC(=O)c1ccn(CC(=O)Nc2ccccc2C)c1. The number of para-hydroxylation sites is 1. The molecule has 104 valence electrons. The maximum Gasteiger partial charge on any atom is 0.244 e. The zero-order chi connectivity index (χ0) is 14.5. The van der Waals surface area contributed by atoms with E-state index in [1.165, 1.54) is 0 Å². The average Bonchev–Trinajstić information content (AvgIpc) is 2.89. The summed E-state index contributed by atoms with van der Waals surface area (Å²) in [5, 5.41) is 2.87. The van der Waals surface area contributed by atoms with Crippen molar-refractivity contribution in [2.45, 2.75) is 26.8 Å². The number of nitrogens with zero attached hydrogens (tertiary/aromatic N) is 1. The van der Waals surface area contributed by atoms with Crippen LogP contribution in [0.4, 0.5) is 5.69 Å². The molecule has 0 aliphatic rings. The van der Waals surface area contributed by atoms with Crippen molar-refractivity contribution < 1.29 is 9.59 Å². The van der Waals surface area contributed by atoms with Crippen molar-refractivity contribution in [3.63, 3.8) is 0 Å². The molecule has 20 heavy (non-hydrogen) atoms. The van der Waals surface area contributed by atoms with E-state index in [-0.39, 0.29) is 18.2 Å². The second-order valence-corrected chi connectivity index (χ2v) is 4.71. The molecule has 0 spiro atoms. The number of Topliss-reactive ketones (excluding diaryl/α,β-unsaturated/α-hetero) is 1. The summed E-state index contributed by atoms with van der Waals surface area (Å²) in [6.07, 6.45) is 3.93. The first-order valence-corrected chi connectivity index (χ1v) is 6.64. The van der Waals surface area contributed by atoms with Crippen molar-refractivity contribution in [3.8, 4) is 0 Å². The summed E-state index contributed by atoms with van der Waals surface area (Å²) in [5.74, 6) is -0.0199. The number of aryl methyl sites for hydroxylation is 1. The first kappa shape index (κ1) is 14.1. The number of ketones is 1. The topological polar surface area (TPSA) is 51.1 Å². The summed E-state index contributed by atoms with van der Waals surface area (Å²) in [7, 11) is 0. The molecule has 0 saturated heterocycles. The molecule has 4 heteroatoms. The highest BCUT2D eigenvalue weighted by Gasteiger charge is 2.08. The van der Waals surface area contributed by atoms with Crippen LogP contribution in [0.5, 0.6) is 0 Å². The number of hydrogen-bond donors (Lipinski definition) is 1. The van der Waals surface area contributed by atoms with Crippen LogP contribution in [-0.4, -0.2) is 16.3 Å². The minimum Gasteiger partial charge on any atom is -0.344 e. The molecule has 0 bridgehead atoms. The van der Waals surface area contributed by atoms with Crippen LogP contribution in [0.15, 0.2) is 42.7 Å². The molecular formula is C16H18N2O2. The highest BCUT2D eigenvalue weighted by Crippen LogP contribution is 2.13. The summed E-state index contributed by atoms with van der Waals surface area (Å²) >= 11 is 0. The zero-order valence-corrected chi connectivity index (χ0v) is 11.7. The molecule has 4 nitrogen and oxygen atoms in total. The van der Waals surface area contributed by atoms with E-state index in [0.29, 0.717) is 12.0 Å². The fourth-order valence-electron chi connectivity index (χ4n) is 1.98. The van der Waals surface area contributed by atoms with E-state index in [2.05, 4.69) is 5.32 Å². The summed E-state index contributed by atoms with van der Waals surface area (Å²) in [6.45, 7) is 3.97. The second-order valence-electron chi connectivity index (χ2n) is 4.71. The van der Waals surface area contributed by atoms with Crippen LogP contribution >= 0.6 is 0 Å². The number of carbonyl (C=O) groups is 2. The van der Waals surface area contributed by atoms with E-state index in [1.54, 1.807) is 23.0 Å². The Morgan fingerprint density at radius 1 is 1.20 bits per heavy atom. The van der Waals surface area contributed by atoms with Crippen molar-refractivity contribution in [3.05, 3.63) is 53.9 Å². The van der Waals surface area contributed by atoms with Gasteiger partial charge in [-0.15, -0.1) is 0 Å². The van der Waals surface area contributed by atoms with Gasteiger partial charge in [0.1, 0.15) is 6.54 Å². The number of carbonyl (C=O) groups excluding carboxylic acids is 2. The van der Waals surface area contributed by atoms with Gasteiger partial charge in [0.2, 0.25) is 5.91 Å². The van der Waals surface area contributed by atoms with Crippen LogP contribution in [0.1, 0.15) is 29.3 Å². The zero-order valence-electron chi connectivity index (χ0n) is 11.7. The van der Waals surface area contributed by atoms with Crippen LogP contribution in [-0.2, 0) is 11.3 Å². The van der Waals surface area contributed by atoms with Crippen LogP contribution in [0.25, 0.3) is 0 Å². The molecule has 0 atom stereocenters. The van der Waals surface area contributed by atoms with Gasteiger partial charge in [0, 0.05) is 30.1 Å². The van der Waals surface area contributed by atoms with E-state index in [0.717, 1.165) is 11.3 Å². The molecular weight excluding hydrogens is 252 g/mol.